The van der Waals surface area contributed by atoms with Crippen LogP contribution in [0.2, 0.25) is 0 Å². The number of phosphoric acid groups is 1. The van der Waals surface area contributed by atoms with Crippen LogP contribution in [0, 0.1) is 0 Å². The van der Waals surface area contributed by atoms with E-state index in [0.717, 1.165) is 0 Å². The van der Waals surface area contributed by atoms with Gasteiger partial charge in [0.2, 0.25) is 0 Å². The fraction of sp³-hybridized carbons (Fsp3) is 1.00. The fourth-order valence-electron chi connectivity index (χ4n) is 0.481. The summed E-state index contributed by atoms with van der Waals surface area (Å²) in [6.45, 7) is 3.46. The molecule has 2 atom stereocenters. The molecule has 5 nitrogen and oxygen atoms in total. The standard InChI is InChI=1S/C6H16NO4P.K.H/c1-5-10-12(8,9)11-6(2)7(3)4;;/h6H,5H2,1-4H3,(H,8,9);;/q;+1;-1. The van der Waals surface area contributed by atoms with E-state index in [-0.39, 0.29) is 59.4 Å². The summed E-state index contributed by atoms with van der Waals surface area (Å²) in [4.78, 5) is 10.7. The van der Waals surface area contributed by atoms with E-state index in [4.69, 9.17) is 9.42 Å². The van der Waals surface area contributed by atoms with Crippen molar-refractivity contribution in [2.24, 2.45) is 0 Å². The van der Waals surface area contributed by atoms with Gasteiger partial charge in [0.25, 0.3) is 0 Å². The topological polar surface area (TPSA) is 59.0 Å². The van der Waals surface area contributed by atoms with Crippen molar-refractivity contribution < 1.29 is 71.3 Å². The molecule has 0 spiro atoms. The number of phosphoric ester groups is 1. The van der Waals surface area contributed by atoms with Gasteiger partial charge >= 0.3 is 59.2 Å². The maximum absolute atomic E-state index is 11.0. The van der Waals surface area contributed by atoms with Gasteiger partial charge in [0, 0.05) is 0 Å². The average Bonchev–Trinajstić information content (AvgIpc) is 1.85. The van der Waals surface area contributed by atoms with Gasteiger partial charge in [-0.25, -0.2) is 4.57 Å². The van der Waals surface area contributed by atoms with Crippen LogP contribution >= 0.6 is 7.82 Å². The van der Waals surface area contributed by atoms with E-state index >= 15 is 0 Å². The Kier molecular flexibility index (Phi) is 10.4. The Morgan fingerprint density at radius 2 is 2.08 bits per heavy atom. The summed E-state index contributed by atoms with van der Waals surface area (Å²) < 4.78 is 20.3. The molecule has 0 saturated carbocycles. The van der Waals surface area contributed by atoms with Crippen molar-refractivity contribution in [2.45, 2.75) is 20.1 Å². The first-order valence-electron chi connectivity index (χ1n) is 3.71. The number of nitrogens with zero attached hydrogens (tertiary/aromatic N) is 1. The van der Waals surface area contributed by atoms with Crippen LogP contribution in [0.4, 0.5) is 0 Å². The minimum absolute atomic E-state index is 0. The summed E-state index contributed by atoms with van der Waals surface area (Å²) in [6, 6.07) is 0. The third-order valence-corrected chi connectivity index (χ3v) is 2.46. The van der Waals surface area contributed by atoms with Crippen LogP contribution in [0.15, 0.2) is 0 Å². The Morgan fingerprint density at radius 1 is 1.62 bits per heavy atom. The molecular formula is C6H17KNO4P. The van der Waals surface area contributed by atoms with E-state index in [9.17, 15) is 4.57 Å². The quantitative estimate of drug-likeness (QED) is 0.346. The second-order valence-electron chi connectivity index (χ2n) is 2.55. The molecule has 0 heterocycles. The molecule has 0 aliphatic heterocycles. The van der Waals surface area contributed by atoms with Crippen molar-refractivity contribution in [3.05, 3.63) is 0 Å². The first-order valence-corrected chi connectivity index (χ1v) is 5.20. The van der Waals surface area contributed by atoms with Gasteiger partial charge in [-0.3, -0.25) is 13.9 Å². The number of hydrogen-bond acceptors (Lipinski definition) is 4. The van der Waals surface area contributed by atoms with E-state index in [1.807, 2.05) is 0 Å². The maximum atomic E-state index is 11.0. The van der Waals surface area contributed by atoms with E-state index < -0.39 is 14.1 Å². The molecule has 76 valence electrons. The second kappa shape index (κ2) is 7.93. The summed E-state index contributed by atoms with van der Waals surface area (Å²) >= 11 is 0. The van der Waals surface area contributed by atoms with Crippen LogP contribution in [0.3, 0.4) is 0 Å². The van der Waals surface area contributed by atoms with Crippen molar-refractivity contribution in [1.29, 1.82) is 0 Å². The maximum Gasteiger partial charge on any atom is 1.00 e. The van der Waals surface area contributed by atoms with E-state index in [1.54, 1.807) is 32.8 Å². The summed E-state index contributed by atoms with van der Waals surface area (Å²) in [5.41, 5.74) is 0. The molecule has 0 saturated heterocycles. The SMILES string of the molecule is CCOP(=O)(O)OC(C)N(C)C.[H-].[K+]. The van der Waals surface area contributed by atoms with Crippen molar-refractivity contribution in [3.63, 3.8) is 0 Å². The molecule has 0 aromatic heterocycles. The van der Waals surface area contributed by atoms with Gasteiger partial charge in [0.1, 0.15) is 6.23 Å². The van der Waals surface area contributed by atoms with Crippen LogP contribution in [-0.2, 0) is 13.6 Å². The van der Waals surface area contributed by atoms with Crippen molar-refractivity contribution in [2.75, 3.05) is 20.7 Å². The molecule has 0 rings (SSSR count). The first-order chi connectivity index (χ1) is 5.39. The Hall–Kier alpha value is 1.71. The molecule has 0 aliphatic rings. The second-order valence-corrected chi connectivity index (χ2v) is 3.96. The molecule has 13 heavy (non-hydrogen) atoms. The Bertz CT molecular complexity index is 183. The monoisotopic (exact) mass is 237 g/mol. The molecule has 0 aromatic carbocycles. The fourth-order valence-corrected chi connectivity index (χ4v) is 1.44. The summed E-state index contributed by atoms with van der Waals surface area (Å²) in [5, 5.41) is 0. The van der Waals surface area contributed by atoms with E-state index in [0.29, 0.717) is 0 Å². The van der Waals surface area contributed by atoms with Gasteiger partial charge < -0.3 is 6.32 Å². The van der Waals surface area contributed by atoms with Crippen LogP contribution in [0.5, 0.6) is 0 Å². The Balaban J connectivity index is -0.000000605. The van der Waals surface area contributed by atoms with E-state index in [1.165, 1.54) is 0 Å². The minimum atomic E-state index is -3.84. The van der Waals surface area contributed by atoms with Gasteiger partial charge in [-0.2, -0.15) is 0 Å². The molecule has 1 N–H and O–H groups in total. The van der Waals surface area contributed by atoms with Gasteiger partial charge in [-0.05, 0) is 27.9 Å². The first kappa shape index (κ1) is 17.1. The molecule has 7 heteroatoms. The molecule has 0 bridgehead atoms. The zero-order chi connectivity index (χ0) is 9.78. The summed E-state index contributed by atoms with van der Waals surface area (Å²) in [6.07, 6.45) is -0.438. The van der Waals surface area contributed by atoms with Crippen LogP contribution in [-0.4, -0.2) is 36.7 Å². The normalized spacial score (nSPS) is 17.7. The van der Waals surface area contributed by atoms with Crippen LogP contribution in [0.25, 0.3) is 0 Å². The zero-order valence-electron chi connectivity index (χ0n) is 9.85. The predicted octanol–water partition coefficient (Wildman–Crippen LogP) is -1.84. The van der Waals surface area contributed by atoms with Crippen molar-refractivity contribution in [1.82, 2.24) is 4.90 Å². The molecule has 0 aliphatic carbocycles. The van der Waals surface area contributed by atoms with Gasteiger partial charge in [0.05, 0.1) is 6.61 Å². The van der Waals surface area contributed by atoms with Gasteiger partial charge in [0.15, 0.2) is 0 Å². The Morgan fingerprint density at radius 3 is 2.38 bits per heavy atom. The minimum Gasteiger partial charge on any atom is -1.00 e. The molecule has 0 radical (unpaired) electrons. The van der Waals surface area contributed by atoms with Crippen LogP contribution < -0.4 is 51.4 Å². The van der Waals surface area contributed by atoms with E-state index in [2.05, 4.69) is 4.52 Å². The van der Waals surface area contributed by atoms with Crippen molar-refractivity contribution >= 4 is 7.82 Å². The number of hydrogen-bond donors (Lipinski definition) is 1. The molecule has 2 unspecified atom stereocenters. The van der Waals surface area contributed by atoms with Crippen molar-refractivity contribution in [3.8, 4) is 0 Å². The third-order valence-electron chi connectivity index (χ3n) is 1.31. The molecular weight excluding hydrogens is 220 g/mol. The van der Waals surface area contributed by atoms with Gasteiger partial charge in [-0.1, -0.05) is 0 Å². The largest absolute Gasteiger partial charge is 1.00 e. The zero-order valence-corrected chi connectivity index (χ0v) is 12.9. The third kappa shape index (κ3) is 8.68. The average molecular weight is 237 g/mol. The predicted molar refractivity (Wildman–Crippen MR) is 46.8 cm³/mol. The molecule has 0 amide bonds. The van der Waals surface area contributed by atoms with Gasteiger partial charge in [-0.15, -0.1) is 0 Å². The Labute approximate surface area is 123 Å². The smallest absolute Gasteiger partial charge is 1.00 e. The number of rotatable bonds is 5. The summed E-state index contributed by atoms with van der Waals surface area (Å²) in [7, 11) is -0.351. The van der Waals surface area contributed by atoms with Crippen LogP contribution in [0.1, 0.15) is 15.3 Å². The summed E-state index contributed by atoms with van der Waals surface area (Å²) in [5.74, 6) is 0. The molecule has 0 aromatic rings. The molecule has 0 fully saturated rings.